The second kappa shape index (κ2) is 3.02. The fraction of sp³-hybridized carbons (Fsp3) is 0. The van der Waals surface area contributed by atoms with E-state index in [0.29, 0.717) is 0 Å². The summed E-state index contributed by atoms with van der Waals surface area (Å²) in [4.78, 5) is 0. The third-order valence-corrected chi connectivity index (χ3v) is 1.18. The summed E-state index contributed by atoms with van der Waals surface area (Å²) in [6.45, 7) is 0. The Bertz CT molecular complexity index is 211. The molecule has 10 heavy (non-hydrogen) atoms. The Balaban J connectivity index is 0.000000500. The zero-order valence-corrected chi connectivity index (χ0v) is 7.22. The van der Waals surface area contributed by atoms with E-state index in [1.807, 2.05) is 11.2 Å². The minimum atomic E-state index is 0. The number of rotatable bonds is 0. The monoisotopic (exact) mass is 251 g/mol. The predicted octanol–water partition coefficient (Wildman–Crippen LogP) is -3.89. The molecular formula is C5H6IN3O. The van der Waals surface area contributed by atoms with Crippen molar-refractivity contribution in [2.24, 2.45) is 5.10 Å². The molecule has 0 bridgehead atoms. The molecule has 0 spiro atoms. The lowest BCUT2D eigenvalue weighted by Gasteiger charge is -2.09. The van der Waals surface area contributed by atoms with Crippen LogP contribution in [0.3, 0.4) is 0 Å². The predicted molar refractivity (Wildman–Crippen MR) is 30.6 cm³/mol. The van der Waals surface area contributed by atoms with Gasteiger partial charge >= 0.3 is 0 Å². The number of fused-ring (bicyclic) bond motifs is 1. The third-order valence-electron chi connectivity index (χ3n) is 1.18. The Morgan fingerprint density at radius 2 is 2.50 bits per heavy atom. The van der Waals surface area contributed by atoms with Crippen LogP contribution in [0.5, 0.6) is 0 Å². The number of hydrogen-bond acceptors (Lipinski definition) is 3. The molecule has 2 heterocycles. The van der Waals surface area contributed by atoms with Crippen LogP contribution in [0.4, 0.5) is 0 Å². The Kier molecular flexibility index (Phi) is 2.28. The molecule has 0 radical (unpaired) electrons. The first-order valence-corrected chi connectivity index (χ1v) is 2.64. The highest BCUT2D eigenvalue weighted by atomic mass is 127. The molecule has 2 aliphatic heterocycles. The quantitative estimate of drug-likeness (QED) is 0.353. The molecule has 0 saturated carbocycles. The fourth-order valence-corrected chi connectivity index (χ4v) is 0.740. The van der Waals surface area contributed by atoms with Crippen molar-refractivity contribution in [1.82, 2.24) is 5.01 Å². The average Bonchev–Trinajstić information content (AvgIpc) is 2.33. The first kappa shape index (κ1) is 7.55. The second-order valence-corrected chi connectivity index (χ2v) is 1.76. The van der Waals surface area contributed by atoms with Gasteiger partial charge in [-0.1, -0.05) is 5.10 Å². The Labute approximate surface area is 75.2 Å². The molecule has 0 aromatic carbocycles. The summed E-state index contributed by atoms with van der Waals surface area (Å²) in [6.07, 6.45) is 6.80. The Hall–Kier alpha value is -0.560. The molecule has 2 rings (SSSR count). The van der Waals surface area contributed by atoms with Crippen LogP contribution in [0.2, 0.25) is 0 Å². The van der Waals surface area contributed by atoms with Crippen molar-refractivity contribution in [1.29, 1.82) is 0 Å². The molecule has 0 fully saturated rings. The SMILES string of the molecule is C1=CN2[NH2+]N=CC2=CO1.[I-]. The summed E-state index contributed by atoms with van der Waals surface area (Å²) in [6, 6.07) is 0. The molecule has 4 nitrogen and oxygen atoms in total. The van der Waals surface area contributed by atoms with Gasteiger partial charge in [-0.05, 0) is 0 Å². The van der Waals surface area contributed by atoms with Gasteiger partial charge in [-0.3, -0.25) is 0 Å². The maximum atomic E-state index is 4.89. The molecule has 0 aliphatic carbocycles. The van der Waals surface area contributed by atoms with Crippen LogP contribution in [-0.4, -0.2) is 11.2 Å². The van der Waals surface area contributed by atoms with Gasteiger partial charge in [0.15, 0.2) is 5.70 Å². The van der Waals surface area contributed by atoms with Crippen LogP contribution in [0.1, 0.15) is 0 Å². The zero-order valence-electron chi connectivity index (χ0n) is 5.07. The molecule has 0 saturated heterocycles. The smallest absolute Gasteiger partial charge is 0.155 e. The van der Waals surface area contributed by atoms with Gasteiger partial charge in [-0.15, -0.1) is 5.53 Å². The molecule has 5 heteroatoms. The van der Waals surface area contributed by atoms with Gasteiger partial charge in [-0.25, -0.2) is 0 Å². The zero-order chi connectivity index (χ0) is 6.10. The summed E-state index contributed by atoms with van der Waals surface area (Å²) in [5.74, 6) is 0. The summed E-state index contributed by atoms with van der Waals surface area (Å²) in [7, 11) is 0. The molecule has 54 valence electrons. The molecule has 0 unspecified atom stereocenters. The maximum absolute atomic E-state index is 4.89. The molecule has 0 aromatic heterocycles. The average molecular weight is 251 g/mol. The van der Waals surface area contributed by atoms with Crippen molar-refractivity contribution in [3.8, 4) is 0 Å². The van der Waals surface area contributed by atoms with Gasteiger partial charge in [0.05, 0.1) is 6.20 Å². The summed E-state index contributed by atoms with van der Waals surface area (Å²) in [5, 5.41) is 5.78. The number of quaternary nitrogens is 1. The highest BCUT2D eigenvalue weighted by Gasteiger charge is 2.16. The Morgan fingerprint density at radius 3 is 3.30 bits per heavy atom. The van der Waals surface area contributed by atoms with Gasteiger partial charge in [0.1, 0.15) is 18.7 Å². The van der Waals surface area contributed by atoms with Gasteiger partial charge in [0.2, 0.25) is 0 Å². The topological polar surface area (TPSA) is 41.4 Å². The highest BCUT2D eigenvalue weighted by Crippen LogP contribution is 2.04. The maximum Gasteiger partial charge on any atom is 0.155 e. The van der Waals surface area contributed by atoms with Gasteiger partial charge in [0, 0.05) is 0 Å². The standard InChI is InChI=1S/C5H5N3O.HI/c1-2-9-4-5-3-6-7-8(1)5;/h1-4,7H;1H. The van der Waals surface area contributed by atoms with Crippen molar-refractivity contribution in [3.05, 3.63) is 24.4 Å². The minimum Gasteiger partial charge on any atom is -1.00 e. The van der Waals surface area contributed by atoms with Crippen molar-refractivity contribution in [3.63, 3.8) is 0 Å². The van der Waals surface area contributed by atoms with Gasteiger partial charge in [-0.2, -0.15) is 5.01 Å². The van der Waals surface area contributed by atoms with E-state index >= 15 is 0 Å². The third kappa shape index (κ3) is 1.14. The van der Waals surface area contributed by atoms with E-state index in [-0.39, 0.29) is 24.0 Å². The number of halogens is 1. The van der Waals surface area contributed by atoms with Crippen LogP contribution in [-0.2, 0) is 4.74 Å². The Morgan fingerprint density at radius 1 is 1.60 bits per heavy atom. The van der Waals surface area contributed by atoms with Crippen LogP contribution in [0.15, 0.2) is 29.5 Å². The minimum absolute atomic E-state index is 0. The van der Waals surface area contributed by atoms with Crippen molar-refractivity contribution in [2.45, 2.75) is 0 Å². The number of nitrogens with zero attached hydrogens (tertiary/aromatic N) is 2. The fourth-order valence-electron chi connectivity index (χ4n) is 0.740. The van der Waals surface area contributed by atoms with E-state index in [4.69, 9.17) is 4.74 Å². The van der Waals surface area contributed by atoms with Crippen LogP contribution < -0.4 is 29.5 Å². The molecule has 2 aliphatic rings. The number of ether oxygens (including phenoxy) is 1. The lowest BCUT2D eigenvalue weighted by Crippen LogP contribution is -3.00. The molecule has 0 amide bonds. The summed E-state index contributed by atoms with van der Waals surface area (Å²) < 4.78 is 4.89. The molecule has 0 aromatic rings. The van der Waals surface area contributed by atoms with Crippen LogP contribution in [0.25, 0.3) is 0 Å². The van der Waals surface area contributed by atoms with Crippen molar-refractivity contribution in [2.75, 3.05) is 0 Å². The number of hydrogen-bond donors (Lipinski definition) is 1. The molecule has 2 N–H and O–H groups in total. The number of nitrogens with two attached hydrogens (primary N) is 1. The van der Waals surface area contributed by atoms with Gasteiger partial charge < -0.3 is 28.7 Å². The van der Waals surface area contributed by atoms with Crippen LogP contribution in [0, 0.1) is 0 Å². The first-order valence-electron chi connectivity index (χ1n) is 2.64. The van der Waals surface area contributed by atoms with E-state index < -0.39 is 0 Å². The van der Waals surface area contributed by atoms with E-state index in [1.165, 1.54) is 0 Å². The normalized spacial score (nSPS) is 19.2. The first-order chi connectivity index (χ1) is 4.47. The van der Waals surface area contributed by atoms with Crippen molar-refractivity contribution < 1.29 is 34.2 Å². The van der Waals surface area contributed by atoms with Crippen molar-refractivity contribution >= 4 is 6.21 Å². The van der Waals surface area contributed by atoms with E-state index in [0.717, 1.165) is 5.70 Å². The van der Waals surface area contributed by atoms with Gasteiger partial charge in [0.25, 0.3) is 0 Å². The largest absolute Gasteiger partial charge is 1.00 e. The van der Waals surface area contributed by atoms with Crippen LogP contribution >= 0.6 is 0 Å². The van der Waals surface area contributed by atoms with E-state index in [1.54, 1.807) is 24.3 Å². The summed E-state index contributed by atoms with van der Waals surface area (Å²) in [5.41, 5.74) is 2.70. The second-order valence-electron chi connectivity index (χ2n) is 1.76. The lowest BCUT2D eigenvalue weighted by atomic mass is 10.5. The molecular weight excluding hydrogens is 245 g/mol. The van der Waals surface area contributed by atoms with E-state index in [9.17, 15) is 0 Å². The number of allylic oxidation sites excluding steroid dienone is 1. The highest BCUT2D eigenvalue weighted by molar-refractivity contribution is 5.77. The van der Waals surface area contributed by atoms with E-state index in [2.05, 4.69) is 5.10 Å². The summed E-state index contributed by atoms with van der Waals surface area (Å²) >= 11 is 0. The lowest BCUT2D eigenvalue weighted by molar-refractivity contribution is -0.781. The molecule has 0 atom stereocenters.